The fraction of sp³-hybridized carbons (Fsp3) is 0.452. The molecule has 3 N–H and O–H groups in total. The molecule has 1 atom stereocenters. The summed E-state index contributed by atoms with van der Waals surface area (Å²) in [7, 11) is 0. The number of imidazole rings is 1. The summed E-state index contributed by atoms with van der Waals surface area (Å²) >= 11 is 0. The monoisotopic (exact) mass is 569 g/mol. The van der Waals surface area contributed by atoms with E-state index in [1.165, 1.54) is 6.92 Å². The molecule has 0 fully saturated rings. The van der Waals surface area contributed by atoms with Gasteiger partial charge in [0.15, 0.2) is 0 Å². The van der Waals surface area contributed by atoms with E-state index in [1.54, 1.807) is 37.9 Å². The zero-order chi connectivity index (χ0) is 30.5. The highest BCUT2D eigenvalue weighted by molar-refractivity contribution is 5.74. The summed E-state index contributed by atoms with van der Waals surface area (Å²) in [4.78, 5) is 31.7. The van der Waals surface area contributed by atoms with Crippen molar-refractivity contribution in [2.45, 2.75) is 73.1 Å². The quantitative estimate of drug-likeness (QED) is 0.232. The van der Waals surface area contributed by atoms with E-state index < -0.39 is 34.8 Å². The van der Waals surface area contributed by atoms with Crippen LogP contribution in [0.25, 0.3) is 11.3 Å². The van der Waals surface area contributed by atoms with Crippen LogP contribution in [0.4, 0.5) is 19.3 Å². The van der Waals surface area contributed by atoms with Gasteiger partial charge in [0, 0.05) is 44.0 Å². The van der Waals surface area contributed by atoms with Crippen LogP contribution in [-0.4, -0.2) is 45.1 Å². The Kier molecular flexibility index (Phi) is 9.78. The van der Waals surface area contributed by atoms with Crippen molar-refractivity contribution >= 4 is 17.7 Å². The summed E-state index contributed by atoms with van der Waals surface area (Å²) in [5.74, 6) is -0.841. The third kappa shape index (κ3) is 8.77. The SMILES string of the molecule is CC(=O)N(CCCNC(=O)OC(C)(C)C)[C@@H](c1nc(-c2cc(F)ccc2F)cn1Cc1cccc(N)c1)C(C)(C)C. The lowest BCUT2D eigenvalue weighted by Crippen LogP contribution is -2.43. The van der Waals surface area contributed by atoms with Gasteiger partial charge in [0.25, 0.3) is 0 Å². The average Bonchev–Trinajstić information content (AvgIpc) is 3.22. The van der Waals surface area contributed by atoms with Crippen LogP contribution in [-0.2, 0) is 16.1 Å². The summed E-state index contributed by atoms with van der Waals surface area (Å²) in [6.45, 7) is 13.8. The number of rotatable bonds is 9. The maximum atomic E-state index is 14.8. The summed E-state index contributed by atoms with van der Waals surface area (Å²) in [5.41, 5.74) is 6.66. The number of alkyl carbamates (subject to hydrolysis) is 1. The molecule has 3 rings (SSSR count). The Balaban J connectivity index is 2.01. The van der Waals surface area contributed by atoms with E-state index in [0.717, 1.165) is 23.8 Å². The summed E-state index contributed by atoms with van der Waals surface area (Å²) in [5, 5.41) is 2.73. The Morgan fingerprint density at radius 2 is 1.80 bits per heavy atom. The number of nitrogens with zero attached hydrogens (tertiary/aromatic N) is 3. The molecule has 3 aromatic rings. The molecule has 0 spiro atoms. The predicted octanol–water partition coefficient (Wildman–Crippen LogP) is 6.31. The maximum absolute atomic E-state index is 14.8. The first-order valence-electron chi connectivity index (χ1n) is 13.7. The molecule has 0 saturated heterocycles. The molecular weight excluding hydrogens is 528 g/mol. The number of amides is 2. The number of carbonyl (C=O) groups excluding carboxylic acids is 2. The molecule has 8 nitrogen and oxygen atoms in total. The van der Waals surface area contributed by atoms with Gasteiger partial charge in [-0.15, -0.1) is 0 Å². The van der Waals surface area contributed by atoms with Crippen LogP contribution in [0.3, 0.4) is 0 Å². The molecule has 0 aliphatic heterocycles. The zero-order valence-corrected chi connectivity index (χ0v) is 24.9. The number of nitrogen functional groups attached to an aromatic ring is 1. The smallest absolute Gasteiger partial charge is 0.407 e. The zero-order valence-electron chi connectivity index (χ0n) is 24.9. The summed E-state index contributed by atoms with van der Waals surface area (Å²) < 4.78 is 36.1. The average molecular weight is 570 g/mol. The second-order valence-corrected chi connectivity index (χ2v) is 12.2. The van der Waals surface area contributed by atoms with Gasteiger partial charge in [0.1, 0.15) is 23.1 Å². The predicted molar refractivity (Wildman–Crippen MR) is 156 cm³/mol. The van der Waals surface area contributed by atoms with Crippen molar-refractivity contribution < 1.29 is 23.1 Å². The van der Waals surface area contributed by atoms with Crippen LogP contribution in [0.15, 0.2) is 48.7 Å². The topological polar surface area (TPSA) is 102 Å². The first-order valence-corrected chi connectivity index (χ1v) is 13.7. The number of benzene rings is 2. The van der Waals surface area contributed by atoms with Crippen LogP contribution in [0, 0.1) is 17.0 Å². The van der Waals surface area contributed by atoms with Gasteiger partial charge in [-0.25, -0.2) is 18.6 Å². The molecule has 2 aromatic carbocycles. The molecule has 0 aliphatic rings. The van der Waals surface area contributed by atoms with Gasteiger partial charge in [0.05, 0.1) is 11.7 Å². The van der Waals surface area contributed by atoms with Crippen molar-refractivity contribution in [1.29, 1.82) is 0 Å². The number of carbonyl (C=O) groups is 2. The fourth-order valence-corrected chi connectivity index (χ4v) is 4.70. The lowest BCUT2D eigenvalue weighted by molar-refractivity contribution is -0.134. The number of aromatic nitrogens is 2. The van der Waals surface area contributed by atoms with E-state index in [9.17, 15) is 18.4 Å². The van der Waals surface area contributed by atoms with Crippen molar-refractivity contribution in [3.8, 4) is 11.3 Å². The highest BCUT2D eigenvalue weighted by atomic mass is 19.1. The number of anilines is 1. The molecule has 41 heavy (non-hydrogen) atoms. The van der Waals surface area contributed by atoms with Crippen molar-refractivity contribution in [3.05, 3.63) is 71.7 Å². The van der Waals surface area contributed by atoms with Crippen molar-refractivity contribution in [2.24, 2.45) is 5.41 Å². The van der Waals surface area contributed by atoms with E-state index in [0.29, 0.717) is 37.6 Å². The van der Waals surface area contributed by atoms with Gasteiger partial charge >= 0.3 is 6.09 Å². The first kappa shape index (κ1) is 31.6. The van der Waals surface area contributed by atoms with Gasteiger partial charge in [-0.1, -0.05) is 32.9 Å². The normalized spacial score (nSPS) is 12.6. The molecule has 0 unspecified atom stereocenters. The Labute approximate surface area is 240 Å². The molecule has 1 aromatic heterocycles. The minimum Gasteiger partial charge on any atom is -0.444 e. The number of nitrogens with one attached hydrogen (secondary N) is 1. The van der Waals surface area contributed by atoms with E-state index in [2.05, 4.69) is 5.32 Å². The number of halogens is 2. The Bertz CT molecular complexity index is 1370. The third-order valence-corrected chi connectivity index (χ3v) is 6.34. The molecule has 2 amide bonds. The highest BCUT2D eigenvalue weighted by Gasteiger charge is 2.37. The molecule has 222 valence electrons. The summed E-state index contributed by atoms with van der Waals surface area (Å²) in [6.07, 6.45) is 1.61. The summed E-state index contributed by atoms with van der Waals surface area (Å²) in [6, 6.07) is 10.1. The van der Waals surface area contributed by atoms with Crippen LogP contribution in [0.2, 0.25) is 0 Å². The molecule has 10 heteroatoms. The maximum Gasteiger partial charge on any atom is 0.407 e. The van der Waals surface area contributed by atoms with Crippen LogP contribution >= 0.6 is 0 Å². The van der Waals surface area contributed by atoms with E-state index in [4.69, 9.17) is 15.5 Å². The molecule has 0 bridgehead atoms. The van der Waals surface area contributed by atoms with E-state index >= 15 is 0 Å². The van der Waals surface area contributed by atoms with Gasteiger partial charge < -0.3 is 25.3 Å². The number of ether oxygens (including phenoxy) is 1. The number of hydrogen-bond acceptors (Lipinski definition) is 5. The Morgan fingerprint density at radius 1 is 1.10 bits per heavy atom. The molecule has 0 aliphatic carbocycles. The Hall–Kier alpha value is -3.95. The molecular formula is C31H41F2N5O3. The van der Waals surface area contributed by atoms with Gasteiger partial charge in [-0.2, -0.15) is 0 Å². The minimum absolute atomic E-state index is 0.0289. The van der Waals surface area contributed by atoms with Crippen LogP contribution < -0.4 is 11.1 Å². The van der Waals surface area contributed by atoms with Crippen molar-refractivity contribution in [1.82, 2.24) is 19.8 Å². The second-order valence-electron chi connectivity index (χ2n) is 12.2. The molecule has 1 heterocycles. The lowest BCUT2D eigenvalue weighted by atomic mass is 9.84. The van der Waals surface area contributed by atoms with E-state index in [-0.39, 0.29) is 17.2 Å². The second kappa shape index (κ2) is 12.7. The molecule has 0 saturated carbocycles. The fourth-order valence-electron chi connectivity index (χ4n) is 4.70. The standard InChI is InChI=1S/C31H41F2N5O3/c1-20(39)38(15-9-14-35-29(40)41-31(5,6)7)27(30(2,3)4)28-36-26(24-17-22(32)12-13-25(24)33)19-37(28)18-21-10-8-11-23(34)16-21/h8,10-13,16-17,19,27H,9,14-15,18,34H2,1-7H3,(H,35,40)/t27-/m0/s1. The molecule has 0 radical (unpaired) electrons. The number of hydrogen-bond donors (Lipinski definition) is 2. The van der Waals surface area contributed by atoms with Gasteiger partial charge in [-0.05, 0) is 68.5 Å². The van der Waals surface area contributed by atoms with Crippen LogP contribution in [0.1, 0.15) is 72.3 Å². The van der Waals surface area contributed by atoms with E-state index in [1.807, 2.05) is 43.5 Å². The minimum atomic E-state index is -0.619. The Morgan fingerprint density at radius 3 is 2.41 bits per heavy atom. The third-order valence-electron chi connectivity index (χ3n) is 6.34. The van der Waals surface area contributed by atoms with Gasteiger partial charge in [-0.3, -0.25) is 4.79 Å². The highest BCUT2D eigenvalue weighted by Crippen LogP contribution is 2.39. The van der Waals surface area contributed by atoms with Gasteiger partial charge in [0.2, 0.25) is 5.91 Å². The van der Waals surface area contributed by atoms with Crippen molar-refractivity contribution in [3.63, 3.8) is 0 Å². The lowest BCUT2D eigenvalue weighted by Gasteiger charge is -2.39. The number of nitrogens with two attached hydrogens (primary N) is 1. The van der Waals surface area contributed by atoms with Crippen LogP contribution in [0.5, 0.6) is 0 Å². The largest absolute Gasteiger partial charge is 0.444 e. The first-order chi connectivity index (χ1) is 19.0. The van der Waals surface area contributed by atoms with Crippen molar-refractivity contribution in [2.75, 3.05) is 18.8 Å².